The van der Waals surface area contributed by atoms with Gasteiger partial charge in [0.05, 0.1) is 4.88 Å². The molecule has 0 atom stereocenters. The predicted octanol–water partition coefficient (Wildman–Crippen LogP) is 6.18. The fraction of sp³-hybridized carbons (Fsp3) is 0.227. The average Bonchev–Trinajstić information content (AvgIpc) is 3.38. The van der Waals surface area contributed by atoms with Crippen LogP contribution in [0.5, 0.6) is 0 Å². The highest BCUT2D eigenvalue weighted by molar-refractivity contribution is 7.16. The number of nitrogens with zero attached hydrogens (tertiary/aromatic N) is 3. The Kier molecular flexibility index (Phi) is 5.84. The minimum Gasteiger partial charge on any atom is -0.177 e. The van der Waals surface area contributed by atoms with Gasteiger partial charge in [-0.3, -0.25) is 0 Å². The molecule has 0 unspecified atom stereocenters. The quantitative estimate of drug-likeness (QED) is 0.397. The van der Waals surface area contributed by atoms with Gasteiger partial charge in [0.15, 0.2) is 0 Å². The van der Waals surface area contributed by atoms with Crippen LogP contribution in [0.4, 0.5) is 0 Å². The van der Waals surface area contributed by atoms with Gasteiger partial charge in [-0.2, -0.15) is 5.21 Å². The van der Waals surface area contributed by atoms with Crippen LogP contribution in [0.3, 0.4) is 0 Å². The molecule has 2 heterocycles. The number of H-pyrrole nitrogens is 1. The SMILES string of the molecule is CCCCc1cccc(-c2cc(-c3nn[nH]n3)sc2Cc2ccc(Cl)cc2)c1. The first-order valence-electron chi connectivity index (χ1n) is 9.43. The molecule has 28 heavy (non-hydrogen) atoms. The molecule has 0 aliphatic carbocycles. The summed E-state index contributed by atoms with van der Waals surface area (Å²) in [6, 6.07) is 19.1. The molecule has 2 aromatic heterocycles. The molecule has 0 bridgehead atoms. The first-order valence-corrected chi connectivity index (χ1v) is 10.6. The van der Waals surface area contributed by atoms with Crippen LogP contribution in [0.2, 0.25) is 5.02 Å². The lowest BCUT2D eigenvalue weighted by Gasteiger charge is -2.07. The van der Waals surface area contributed by atoms with Crippen molar-refractivity contribution in [3.63, 3.8) is 0 Å². The Morgan fingerprint density at radius 3 is 2.64 bits per heavy atom. The van der Waals surface area contributed by atoms with Crippen LogP contribution < -0.4 is 0 Å². The van der Waals surface area contributed by atoms with Crippen molar-refractivity contribution in [2.45, 2.75) is 32.6 Å². The van der Waals surface area contributed by atoms with Gasteiger partial charge in [-0.25, -0.2) is 0 Å². The van der Waals surface area contributed by atoms with Gasteiger partial charge in [0, 0.05) is 16.3 Å². The third-order valence-corrected chi connectivity index (χ3v) is 6.09. The van der Waals surface area contributed by atoms with E-state index in [1.54, 1.807) is 11.3 Å². The summed E-state index contributed by atoms with van der Waals surface area (Å²) in [5.41, 5.74) is 5.08. The number of rotatable bonds is 7. The Bertz CT molecular complexity index is 1040. The van der Waals surface area contributed by atoms with E-state index in [0.29, 0.717) is 5.82 Å². The summed E-state index contributed by atoms with van der Waals surface area (Å²) in [6.07, 6.45) is 4.36. The van der Waals surface area contributed by atoms with Gasteiger partial charge in [0.1, 0.15) is 0 Å². The molecule has 0 amide bonds. The summed E-state index contributed by atoms with van der Waals surface area (Å²) in [6.45, 7) is 2.23. The fourth-order valence-electron chi connectivity index (χ4n) is 3.24. The number of halogens is 1. The lowest BCUT2D eigenvalue weighted by atomic mass is 9.98. The number of tetrazole rings is 1. The minimum atomic E-state index is 0.635. The van der Waals surface area contributed by atoms with Gasteiger partial charge in [0.25, 0.3) is 0 Å². The molecule has 0 aliphatic heterocycles. The zero-order chi connectivity index (χ0) is 19.3. The van der Waals surface area contributed by atoms with Crippen LogP contribution in [0.25, 0.3) is 21.8 Å². The lowest BCUT2D eigenvalue weighted by molar-refractivity contribution is 0.795. The van der Waals surface area contributed by atoms with Gasteiger partial charge < -0.3 is 0 Å². The molecule has 0 spiro atoms. The zero-order valence-electron chi connectivity index (χ0n) is 15.7. The molecule has 4 nitrogen and oxygen atoms in total. The molecule has 6 heteroatoms. The summed E-state index contributed by atoms with van der Waals surface area (Å²) in [5, 5.41) is 15.3. The van der Waals surface area contributed by atoms with Crippen molar-refractivity contribution in [1.82, 2.24) is 20.6 Å². The standard InChI is InChI=1S/C22H21ClN4S/c1-2-3-5-15-6-4-7-17(12-15)19-14-21(22-24-26-27-25-22)28-20(19)13-16-8-10-18(23)11-9-16/h4,6-12,14H,2-3,5,13H2,1H3,(H,24,25,26,27). The molecule has 0 fully saturated rings. The predicted molar refractivity (Wildman–Crippen MR) is 116 cm³/mol. The van der Waals surface area contributed by atoms with E-state index in [1.165, 1.54) is 40.0 Å². The first kappa shape index (κ1) is 18.8. The second kappa shape index (κ2) is 8.67. The molecule has 1 N–H and O–H groups in total. The summed E-state index contributed by atoms with van der Waals surface area (Å²) in [7, 11) is 0. The monoisotopic (exact) mass is 408 g/mol. The van der Waals surface area contributed by atoms with E-state index in [-0.39, 0.29) is 0 Å². The van der Waals surface area contributed by atoms with Crippen LogP contribution >= 0.6 is 22.9 Å². The maximum Gasteiger partial charge on any atom is 0.214 e. The van der Waals surface area contributed by atoms with E-state index >= 15 is 0 Å². The fourth-order valence-corrected chi connectivity index (χ4v) is 4.52. The van der Waals surface area contributed by atoms with Crippen molar-refractivity contribution >= 4 is 22.9 Å². The number of hydrogen-bond acceptors (Lipinski definition) is 4. The number of benzene rings is 2. The van der Waals surface area contributed by atoms with Crippen LogP contribution in [-0.2, 0) is 12.8 Å². The molecular formula is C22H21ClN4S. The number of aromatic amines is 1. The Morgan fingerprint density at radius 1 is 1.04 bits per heavy atom. The topological polar surface area (TPSA) is 54.5 Å². The third kappa shape index (κ3) is 4.32. The van der Waals surface area contributed by atoms with Gasteiger partial charge >= 0.3 is 0 Å². The molecule has 142 valence electrons. The summed E-state index contributed by atoms with van der Waals surface area (Å²) in [4.78, 5) is 2.31. The van der Waals surface area contributed by atoms with Crippen LogP contribution in [0, 0.1) is 0 Å². The zero-order valence-corrected chi connectivity index (χ0v) is 17.2. The number of aromatic nitrogens is 4. The minimum absolute atomic E-state index is 0.635. The smallest absolute Gasteiger partial charge is 0.177 e. The third-order valence-electron chi connectivity index (χ3n) is 4.71. The molecule has 0 saturated heterocycles. The highest BCUT2D eigenvalue weighted by Crippen LogP contribution is 2.37. The van der Waals surface area contributed by atoms with Gasteiger partial charge in [0.2, 0.25) is 5.82 Å². The molecule has 4 rings (SSSR count). The maximum absolute atomic E-state index is 6.05. The van der Waals surface area contributed by atoms with E-state index in [9.17, 15) is 0 Å². The Labute approximate surface area is 173 Å². The maximum atomic E-state index is 6.05. The van der Waals surface area contributed by atoms with Crippen molar-refractivity contribution in [2.75, 3.05) is 0 Å². The number of thiophene rings is 1. The second-order valence-corrected chi connectivity index (χ2v) is 8.36. The Balaban J connectivity index is 1.73. The Hall–Kier alpha value is -2.50. The number of hydrogen-bond donors (Lipinski definition) is 1. The molecule has 0 radical (unpaired) electrons. The van der Waals surface area contributed by atoms with Crippen LogP contribution in [-0.4, -0.2) is 20.6 Å². The van der Waals surface area contributed by atoms with E-state index in [4.69, 9.17) is 11.6 Å². The van der Waals surface area contributed by atoms with E-state index in [1.807, 2.05) is 12.1 Å². The van der Waals surface area contributed by atoms with Crippen molar-refractivity contribution in [3.05, 3.63) is 75.6 Å². The van der Waals surface area contributed by atoms with E-state index in [0.717, 1.165) is 22.7 Å². The number of nitrogens with one attached hydrogen (secondary N) is 1. The van der Waals surface area contributed by atoms with Crippen LogP contribution in [0.15, 0.2) is 54.6 Å². The summed E-state index contributed by atoms with van der Waals surface area (Å²) < 4.78 is 0. The molecular weight excluding hydrogens is 388 g/mol. The van der Waals surface area contributed by atoms with Gasteiger partial charge in [-0.05, 0) is 58.5 Å². The largest absolute Gasteiger partial charge is 0.214 e. The number of unbranched alkanes of at least 4 members (excludes halogenated alkanes) is 1. The second-order valence-electron chi connectivity index (χ2n) is 6.79. The molecule has 2 aromatic carbocycles. The van der Waals surface area contributed by atoms with E-state index < -0.39 is 0 Å². The van der Waals surface area contributed by atoms with Crippen LogP contribution in [0.1, 0.15) is 35.8 Å². The van der Waals surface area contributed by atoms with Gasteiger partial charge in [-0.15, -0.1) is 21.5 Å². The summed E-state index contributed by atoms with van der Waals surface area (Å²) >= 11 is 7.77. The van der Waals surface area contributed by atoms with E-state index in [2.05, 4.69) is 70.0 Å². The van der Waals surface area contributed by atoms with Crippen molar-refractivity contribution in [3.8, 4) is 21.8 Å². The van der Waals surface area contributed by atoms with Gasteiger partial charge in [-0.1, -0.05) is 61.3 Å². The van der Waals surface area contributed by atoms with Crippen molar-refractivity contribution in [1.29, 1.82) is 0 Å². The summed E-state index contributed by atoms with van der Waals surface area (Å²) in [5.74, 6) is 0.635. The van der Waals surface area contributed by atoms with Crippen molar-refractivity contribution < 1.29 is 0 Å². The Morgan fingerprint density at radius 2 is 1.89 bits per heavy atom. The average molecular weight is 409 g/mol. The normalized spacial score (nSPS) is 11.1. The first-order chi connectivity index (χ1) is 13.7. The van der Waals surface area contributed by atoms with Crippen molar-refractivity contribution in [2.24, 2.45) is 0 Å². The highest BCUT2D eigenvalue weighted by atomic mass is 35.5. The molecule has 0 saturated carbocycles. The molecule has 0 aliphatic rings. The lowest BCUT2D eigenvalue weighted by Crippen LogP contribution is -1.89. The highest BCUT2D eigenvalue weighted by Gasteiger charge is 2.15. The molecule has 4 aromatic rings. The number of aryl methyl sites for hydroxylation is 1.